The summed E-state index contributed by atoms with van der Waals surface area (Å²) in [5.74, 6) is 0.159. The third kappa shape index (κ3) is 5.92. The van der Waals surface area contributed by atoms with E-state index >= 15 is 0 Å². The van der Waals surface area contributed by atoms with Crippen molar-refractivity contribution in [3.63, 3.8) is 0 Å². The van der Waals surface area contributed by atoms with Gasteiger partial charge >= 0.3 is 0 Å². The van der Waals surface area contributed by atoms with Crippen LogP contribution in [0.25, 0.3) is 0 Å². The number of ether oxygens (including phenoxy) is 2. The summed E-state index contributed by atoms with van der Waals surface area (Å²) in [6.45, 7) is 6.91. The van der Waals surface area contributed by atoms with Gasteiger partial charge in [-0.25, -0.2) is 8.42 Å². The van der Waals surface area contributed by atoms with Gasteiger partial charge in [0.05, 0.1) is 30.4 Å². The van der Waals surface area contributed by atoms with E-state index in [9.17, 15) is 13.2 Å². The lowest BCUT2D eigenvalue weighted by Crippen LogP contribution is -2.52. The maximum absolute atomic E-state index is 12.8. The van der Waals surface area contributed by atoms with Gasteiger partial charge in [0.25, 0.3) is 15.9 Å². The van der Waals surface area contributed by atoms with E-state index in [1.54, 1.807) is 24.3 Å². The highest BCUT2D eigenvalue weighted by atomic mass is 32.2. The number of carbonyl (C=O) groups excluding carboxylic acids is 1. The lowest BCUT2D eigenvalue weighted by molar-refractivity contribution is 0.00166. The van der Waals surface area contributed by atoms with E-state index in [1.165, 1.54) is 12.1 Å². The van der Waals surface area contributed by atoms with Gasteiger partial charge in [-0.3, -0.25) is 14.4 Å². The highest BCUT2D eigenvalue weighted by Gasteiger charge is 2.31. The summed E-state index contributed by atoms with van der Waals surface area (Å²) < 4.78 is 39.1. The smallest absolute Gasteiger partial charge is 0.261 e. The molecule has 0 saturated carbocycles. The highest BCUT2D eigenvalue weighted by Crippen LogP contribution is 2.22. The minimum absolute atomic E-state index is 0.108. The Hall–Kier alpha value is -2.46. The maximum Gasteiger partial charge on any atom is 0.261 e. The number of para-hydroxylation sites is 1. The molecular weight excluding hydrogens is 442 g/mol. The summed E-state index contributed by atoms with van der Waals surface area (Å²) in [5.41, 5.74) is 1.79. The van der Waals surface area contributed by atoms with E-state index in [2.05, 4.69) is 14.9 Å². The zero-order valence-electron chi connectivity index (χ0n) is 18.8. The lowest BCUT2D eigenvalue weighted by Gasteiger charge is -2.37. The predicted molar refractivity (Wildman–Crippen MR) is 126 cm³/mol. The summed E-state index contributed by atoms with van der Waals surface area (Å²) in [6.07, 6.45) is 0.984. The van der Waals surface area contributed by atoms with E-state index in [-0.39, 0.29) is 16.8 Å². The van der Waals surface area contributed by atoms with Gasteiger partial charge in [-0.2, -0.15) is 0 Å². The number of nitrogens with zero attached hydrogens (tertiary/aromatic N) is 1. The Balaban J connectivity index is 1.39. The number of sulfonamides is 1. The van der Waals surface area contributed by atoms with Crippen molar-refractivity contribution in [2.45, 2.75) is 24.3 Å². The number of rotatable bonds is 8. The molecule has 2 fully saturated rings. The molecule has 178 valence electrons. The molecule has 8 nitrogen and oxygen atoms in total. The fourth-order valence-corrected chi connectivity index (χ4v) is 5.47. The number of hydrogen-bond acceptors (Lipinski definition) is 6. The summed E-state index contributed by atoms with van der Waals surface area (Å²) in [5, 5.41) is 3.04. The van der Waals surface area contributed by atoms with Gasteiger partial charge in [-0.1, -0.05) is 18.2 Å². The van der Waals surface area contributed by atoms with Gasteiger partial charge in [0.2, 0.25) is 0 Å². The van der Waals surface area contributed by atoms with Crippen LogP contribution in [0.1, 0.15) is 22.3 Å². The number of aryl methyl sites for hydroxylation is 1. The third-order valence-corrected chi connectivity index (χ3v) is 7.69. The van der Waals surface area contributed by atoms with Crippen molar-refractivity contribution < 1.29 is 22.7 Å². The third-order valence-electron chi connectivity index (χ3n) is 6.31. The number of hydrogen-bond donors (Lipinski definition) is 2. The van der Waals surface area contributed by atoms with Crippen LogP contribution in [0.2, 0.25) is 0 Å². The molecular formula is C24H31N3O5S. The van der Waals surface area contributed by atoms with Gasteiger partial charge in [-0.15, -0.1) is 0 Å². The summed E-state index contributed by atoms with van der Waals surface area (Å²) in [6, 6.07) is 13.4. The topological polar surface area (TPSA) is 97.0 Å². The standard InChI is InChI=1S/C24H31N3O5S/c1-18-4-2-3-5-22(18)26-33(29,30)21-8-6-19(7-9-21)24(28)25-16-23(20-10-13-32-17-20)27-11-14-31-15-12-27/h2-9,20,23,26H,10-17H2,1H3,(H,25,28). The van der Waals surface area contributed by atoms with Crippen LogP contribution in [0.4, 0.5) is 5.69 Å². The number of morpholine rings is 1. The fraction of sp³-hybridized carbons (Fsp3) is 0.458. The molecule has 0 bridgehead atoms. The first kappa shape index (κ1) is 23.7. The SMILES string of the molecule is Cc1ccccc1NS(=O)(=O)c1ccc(C(=O)NCC(C2CCOC2)N2CCOCC2)cc1. The molecule has 9 heteroatoms. The predicted octanol–water partition coefficient (Wildman–Crippen LogP) is 2.26. The Bertz CT molecular complexity index is 1050. The second-order valence-corrected chi connectivity index (χ2v) is 10.2. The fourth-order valence-electron chi connectivity index (χ4n) is 4.34. The molecule has 2 N–H and O–H groups in total. The summed E-state index contributed by atoms with van der Waals surface area (Å²) >= 11 is 0. The average molecular weight is 474 g/mol. The van der Waals surface area contributed by atoms with Crippen LogP contribution in [-0.2, 0) is 19.5 Å². The molecule has 0 aromatic heterocycles. The van der Waals surface area contributed by atoms with E-state index in [1.807, 2.05) is 19.1 Å². The van der Waals surface area contributed by atoms with Crippen molar-refractivity contribution in [2.75, 3.05) is 50.8 Å². The van der Waals surface area contributed by atoms with Crippen molar-refractivity contribution in [2.24, 2.45) is 5.92 Å². The van der Waals surface area contributed by atoms with Crippen molar-refractivity contribution in [3.05, 3.63) is 59.7 Å². The Labute approximate surface area is 195 Å². The number of anilines is 1. The van der Waals surface area contributed by atoms with Crippen LogP contribution < -0.4 is 10.0 Å². The molecule has 2 aromatic rings. The van der Waals surface area contributed by atoms with Crippen molar-refractivity contribution >= 4 is 21.6 Å². The van der Waals surface area contributed by atoms with Crippen molar-refractivity contribution in [1.29, 1.82) is 0 Å². The normalized spacial score (nSPS) is 20.3. The molecule has 0 aliphatic carbocycles. The Morgan fingerprint density at radius 1 is 1.06 bits per heavy atom. The van der Waals surface area contributed by atoms with Gasteiger partial charge in [0, 0.05) is 43.8 Å². The number of amides is 1. The molecule has 2 aliphatic heterocycles. The number of nitrogens with one attached hydrogen (secondary N) is 2. The second kappa shape index (κ2) is 10.6. The largest absolute Gasteiger partial charge is 0.381 e. The first-order valence-electron chi connectivity index (χ1n) is 11.3. The molecule has 0 spiro atoms. The zero-order chi connectivity index (χ0) is 23.3. The molecule has 2 atom stereocenters. The van der Waals surface area contributed by atoms with Crippen LogP contribution in [0.5, 0.6) is 0 Å². The Kier molecular flexibility index (Phi) is 7.64. The van der Waals surface area contributed by atoms with E-state index in [0.717, 1.165) is 31.7 Å². The second-order valence-electron chi connectivity index (χ2n) is 8.49. The van der Waals surface area contributed by atoms with Gasteiger partial charge in [0.1, 0.15) is 0 Å². The molecule has 0 radical (unpaired) electrons. The molecule has 4 rings (SSSR count). The van der Waals surface area contributed by atoms with Crippen LogP contribution in [0.15, 0.2) is 53.4 Å². The van der Waals surface area contributed by atoms with Crippen LogP contribution in [-0.4, -0.2) is 71.3 Å². The van der Waals surface area contributed by atoms with Crippen LogP contribution in [0, 0.1) is 12.8 Å². The van der Waals surface area contributed by atoms with Crippen LogP contribution >= 0.6 is 0 Å². The monoisotopic (exact) mass is 473 g/mol. The first-order chi connectivity index (χ1) is 15.9. The molecule has 2 aliphatic rings. The van der Waals surface area contributed by atoms with E-state index < -0.39 is 10.0 Å². The van der Waals surface area contributed by atoms with Crippen molar-refractivity contribution in [3.8, 4) is 0 Å². The summed E-state index contributed by atoms with van der Waals surface area (Å²) in [4.78, 5) is 15.3. The van der Waals surface area contributed by atoms with Gasteiger partial charge < -0.3 is 14.8 Å². The Morgan fingerprint density at radius 3 is 2.45 bits per heavy atom. The molecule has 1 amide bonds. The van der Waals surface area contributed by atoms with Crippen molar-refractivity contribution in [1.82, 2.24) is 10.2 Å². The Morgan fingerprint density at radius 2 is 1.79 bits per heavy atom. The molecule has 2 heterocycles. The summed E-state index contributed by atoms with van der Waals surface area (Å²) in [7, 11) is -3.74. The molecule has 2 saturated heterocycles. The van der Waals surface area contributed by atoms with Crippen LogP contribution in [0.3, 0.4) is 0 Å². The van der Waals surface area contributed by atoms with E-state index in [0.29, 0.717) is 43.5 Å². The molecule has 2 unspecified atom stereocenters. The maximum atomic E-state index is 12.8. The number of carbonyl (C=O) groups is 1. The zero-order valence-corrected chi connectivity index (χ0v) is 19.6. The quantitative estimate of drug-likeness (QED) is 0.611. The lowest BCUT2D eigenvalue weighted by atomic mass is 9.96. The molecule has 2 aromatic carbocycles. The van der Waals surface area contributed by atoms with Gasteiger partial charge in [0.15, 0.2) is 0 Å². The molecule has 33 heavy (non-hydrogen) atoms. The minimum atomic E-state index is -3.74. The average Bonchev–Trinajstić information content (AvgIpc) is 3.36. The highest BCUT2D eigenvalue weighted by molar-refractivity contribution is 7.92. The first-order valence-corrected chi connectivity index (χ1v) is 12.8. The minimum Gasteiger partial charge on any atom is -0.381 e. The van der Waals surface area contributed by atoms with Gasteiger partial charge in [-0.05, 0) is 49.2 Å². The van der Waals surface area contributed by atoms with E-state index in [4.69, 9.17) is 9.47 Å². The number of benzene rings is 2.